The maximum atomic E-state index is 3.75. The van der Waals surface area contributed by atoms with E-state index < -0.39 is 0 Å². The molecule has 0 aromatic carbocycles. The maximum Gasteiger partial charge on any atom is 0.0244 e. The average molecular weight is 238 g/mol. The minimum absolute atomic E-state index is 0.654. The monoisotopic (exact) mass is 238 g/mol. The molecule has 0 aromatic rings. The number of piperazine rings is 1. The van der Waals surface area contributed by atoms with Crippen molar-refractivity contribution in [2.75, 3.05) is 19.6 Å². The van der Waals surface area contributed by atoms with Gasteiger partial charge in [0.2, 0.25) is 0 Å². The van der Waals surface area contributed by atoms with Gasteiger partial charge in [0.25, 0.3) is 0 Å². The second-order valence-corrected chi connectivity index (χ2v) is 6.95. The van der Waals surface area contributed by atoms with Crippen LogP contribution < -0.4 is 5.32 Å². The Morgan fingerprint density at radius 1 is 1.35 bits per heavy atom. The van der Waals surface area contributed by atoms with Crippen LogP contribution in [0.4, 0.5) is 0 Å². The van der Waals surface area contributed by atoms with E-state index in [1.54, 1.807) is 0 Å². The first-order chi connectivity index (χ1) is 8.04. The molecule has 0 radical (unpaired) electrons. The van der Waals surface area contributed by atoms with Gasteiger partial charge >= 0.3 is 0 Å². The Morgan fingerprint density at radius 3 is 2.59 bits per heavy atom. The third-order valence-electron chi connectivity index (χ3n) is 4.63. The lowest BCUT2D eigenvalue weighted by Gasteiger charge is -2.43. The van der Waals surface area contributed by atoms with Gasteiger partial charge in [-0.1, -0.05) is 34.1 Å². The molecule has 2 aliphatic rings. The van der Waals surface area contributed by atoms with Crippen molar-refractivity contribution < 1.29 is 0 Å². The molecule has 100 valence electrons. The molecule has 2 nitrogen and oxygen atoms in total. The summed E-state index contributed by atoms with van der Waals surface area (Å²) in [7, 11) is 0. The van der Waals surface area contributed by atoms with E-state index in [1.165, 1.54) is 45.3 Å². The smallest absolute Gasteiger partial charge is 0.0244 e. The summed E-state index contributed by atoms with van der Waals surface area (Å²) in [4.78, 5) is 2.79. The average Bonchev–Trinajstić information content (AvgIpc) is 2.96. The van der Waals surface area contributed by atoms with Crippen LogP contribution in [0, 0.1) is 11.3 Å². The number of rotatable bonds is 5. The minimum Gasteiger partial charge on any atom is -0.311 e. The molecule has 1 aliphatic carbocycles. The van der Waals surface area contributed by atoms with Crippen molar-refractivity contribution in [2.45, 2.75) is 65.5 Å². The van der Waals surface area contributed by atoms with Gasteiger partial charge in [0.1, 0.15) is 0 Å². The van der Waals surface area contributed by atoms with Crippen LogP contribution >= 0.6 is 0 Å². The first-order valence-corrected chi connectivity index (χ1v) is 7.51. The van der Waals surface area contributed by atoms with E-state index >= 15 is 0 Å². The summed E-state index contributed by atoms with van der Waals surface area (Å²) in [6.07, 6.45) is 5.52. The van der Waals surface area contributed by atoms with Gasteiger partial charge in [0.05, 0.1) is 0 Å². The molecule has 2 atom stereocenters. The molecular weight excluding hydrogens is 208 g/mol. The highest BCUT2D eigenvalue weighted by molar-refractivity contribution is 4.96. The molecule has 1 aliphatic heterocycles. The van der Waals surface area contributed by atoms with Gasteiger partial charge < -0.3 is 5.32 Å². The van der Waals surface area contributed by atoms with Crippen LogP contribution in [0.25, 0.3) is 0 Å². The zero-order valence-corrected chi connectivity index (χ0v) is 12.1. The Bertz CT molecular complexity index is 245. The highest BCUT2D eigenvalue weighted by atomic mass is 15.2. The summed E-state index contributed by atoms with van der Waals surface area (Å²) in [5, 5.41) is 3.75. The van der Waals surface area contributed by atoms with Gasteiger partial charge in [-0.05, 0) is 30.6 Å². The van der Waals surface area contributed by atoms with E-state index in [2.05, 4.69) is 37.9 Å². The van der Waals surface area contributed by atoms with E-state index in [9.17, 15) is 0 Å². The van der Waals surface area contributed by atoms with Crippen LogP contribution in [0.15, 0.2) is 0 Å². The van der Waals surface area contributed by atoms with Crippen molar-refractivity contribution in [3.63, 3.8) is 0 Å². The Morgan fingerprint density at radius 2 is 2.06 bits per heavy atom. The van der Waals surface area contributed by atoms with Crippen LogP contribution in [0.2, 0.25) is 0 Å². The first kappa shape index (κ1) is 13.4. The van der Waals surface area contributed by atoms with Crippen LogP contribution in [0.3, 0.4) is 0 Å². The van der Waals surface area contributed by atoms with E-state index in [1.807, 2.05) is 0 Å². The van der Waals surface area contributed by atoms with Crippen molar-refractivity contribution in [3.05, 3.63) is 0 Å². The molecule has 1 saturated heterocycles. The standard InChI is InChI=1S/C15H30N2/c1-5-6-13-10-17(11-15(4)7-8-15)14(9-16-13)12(2)3/h12-14,16H,5-11H2,1-4H3. The molecule has 2 heteroatoms. The lowest BCUT2D eigenvalue weighted by Crippen LogP contribution is -2.59. The lowest BCUT2D eigenvalue weighted by molar-refractivity contribution is 0.0773. The third kappa shape index (κ3) is 3.45. The minimum atomic E-state index is 0.654. The second-order valence-electron chi connectivity index (χ2n) is 6.95. The van der Waals surface area contributed by atoms with Crippen molar-refractivity contribution in [1.82, 2.24) is 10.2 Å². The van der Waals surface area contributed by atoms with Gasteiger partial charge in [-0.2, -0.15) is 0 Å². The summed E-state index contributed by atoms with van der Waals surface area (Å²) in [6.45, 7) is 13.3. The molecule has 1 saturated carbocycles. The molecule has 0 amide bonds. The quantitative estimate of drug-likeness (QED) is 0.792. The largest absolute Gasteiger partial charge is 0.311 e. The summed E-state index contributed by atoms with van der Waals surface area (Å²) < 4.78 is 0. The van der Waals surface area contributed by atoms with Gasteiger partial charge in [0, 0.05) is 31.7 Å². The van der Waals surface area contributed by atoms with Gasteiger partial charge in [-0.3, -0.25) is 4.90 Å². The van der Waals surface area contributed by atoms with Crippen molar-refractivity contribution in [3.8, 4) is 0 Å². The highest BCUT2D eigenvalue weighted by Crippen LogP contribution is 2.46. The molecule has 2 fully saturated rings. The number of hydrogen-bond acceptors (Lipinski definition) is 2. The number of hydrogen-bond donors (Lipinski definition) is 1. The predicted octanol–water partition coefficient (Wildman–Crippen LogP) is 2.89. The molecule has 2 unspecified atom stereocenters. The van der Waals surface area contributed by atoms with Crippen LogP contribution in [0.5, 0.6) is 0 Å². The molecule has 0 spiro atoms. The third-order valence-corrected chi connectivity index (χ3v) is 4.63. The molecule has 1 N–H and O–H groups in total. The number of nitrogens with one attached hydrogen (secondary N) is 1. The first-order valence-electron chi connectivity index (χ1n) is 7.51. The SMILES string of the molecule is CCCC1CN(CC2(C)CC2)C(C(C)C)CN1. The maximum absolute atomic E-state index is 3.75. The van der Waals surface area contributed by atoms with Gasteiger partial charge in [-0.25, -0.2) is 0 Å². The fourth-order valence-corrected chi connectivity index (χ4v) is 3.14. The Kier molecular flexibility index (Phi) is 4.14. The Labute approximate surface area is 107 Å². The number of nitrogens with zero attached hydrogens (tertiary/aromatic N) is 1. The summed E-state index contributed by atoms with van der Waals surface area (Å²) in [6, 6.07) is 1.48. The molecule has 0 aromatic heterocycles. The van der Waals surface area contributed by atoms with Gasteiger partial charge in [0.15, 0.2) is 0 Å². The lowest BCUT2D eigenvalue weighted by atomic mass is 9.95. The van der Waals surface area contributed by atoms with Crippen LogP contribution in [-0.4, -0.2) is 36.6 Å². The predicted molar refractivity (Wildman–Crippen MR) is 74.2 cm³/mol. The van der Waals surface area contributed by atoms with Gasteiger partial charge in [-0.15, -0.1) is 0 Å². The van der Waals surface area contributed by atoms with E-state index in [4.69, 9.17) is 0 Å². The Balaban J connectivity index is 1.94. The van der Waals surface area contributed by atoms with Crippen LogP contribution in [0.1, 0.15) is 53.4 Å². The van der Waals surface area contributed by atoms with Crippen molar-refractivity contribution in [2.24, 2.45) is 11.3 Å². The second kappa shape index (κ2) is 5.27. The topological polar surface area (TPSA) is 15.3 Å². The molecule has 17 heavy (non-hydrogen) atoms. The normalized spacial score (nSPS) is 33.0. The molecular formula is C15H30N2. The molecule has 2 rings (SSSR count). The molecule has 1 heterocycles. The van der Waals surface area contributed by atoms with E-state index in [-0.39, 0.29) is 0 Å². The zero-order valence-electron chi connectivity index (χ0n) is 12.1. The highest BCUT2D eigenvalue weighted by Gasteiger charge is 2.41. The summed E-state index contributed by atoms with van der Waals surface area (Å²) >= 11 is 0. The fraction of sp³-hybridized carbons (Fsp3) is 1.00. The Hall–Kier alpha value is -0.0800. The van der Waals surface area contributed by atoms with Crippen molar-refractivity contribution >= 4 is 0 Å². The summed E-state index contributed by atoms with van der Waals surface area (Å²) in [5.74, 6) is 0.771. The fourth-order valence-electron chi connectivity index (χ4n) is 3.14. The molecule has 0 bridgehead atoms. The van der Waals surface area contributed by atoms with Crippen LogP contribution in [-0.2, 0) is 0 Å². The van der Waals surface area contributed by atoms with Crippen molar-refractivity contribution in [1.29, 1.82) is 0 Å². The summed E-state index contributed by atoms with van der Waals surface area (Å²) in [5.41, 5.74) is 0.654. The zero-order chi connectivity index (χ0) is 12.5. The van der Waals surface area contributed by atoms with E-state index in [0.29, 0.717) is 5.41 Å². The van der Waals surface area contributed by atoms with E-state index in [0.717, 1.165) is 18.0 Å².